The lowest BCUT2D eigenvalue weighted by Crippen LogP contribution is -2.17. The standard InChI is InChI=1S/C6H14O2.C4H9NO/c1-4-7-6(3)8-5-2;1-4(6)5(2)3/h6H,4-5H2,1-3H3;1-3H3. The average molecular weight is 205 g/mol. The van der Waals surface area contributed by atoms with Crippen LogP contribution in [0.1, 0.15) is 27.7 Å². The highest BCUT2D eigenvalue weighted by molar-refractivity contribution is 5.72. The highest BCUT2D eigenvalue weighted by Crippen LogP contribution is 1.90. The molecule has 0 radical (unpaired) electrons. The van der Waals surface area contributed by atoms with E-state index < -0.39 is 0 Å². The molecule has 0 saturated carbocycles. The van der Waals surface area contributed by atoms with Gasteiger partial charge in [0.25, 0.3) is 0 Å². The molecule has 0 saturated heterocycles. The Morgan fingerprint density at radius 3 is 1.64 bits per heavy atom. The third-order valence-corrected chi connectivity index (χ3v) is 1.43. The molecule has 0 aromatic heterocycles. The molecule has 1 amide bonds. The molecule has 0 aliphatic carbocycles. The molecule has 4 nitrogen and oxygen atoms in total. The third-order valence-electron chi connectivity index (χ3n) is 1.43. The monoisotopic (exact) mass is 205 g/mol. The molecule has 0 bridgehead atoms. The summed E-state index contributed by atoms with van der Waals surface area (Å²) < 4.78 is 10.1. The fourth-order valence-electron chi connectivity index (χ4n) is 0.518. The SMILES string of the molecule is CC(=O)N(C)C.CCOC(C)OCC. The zero-order valence-electron chi connectivity index (χ0n) is 10.2. The van der Waals surface area contributed by atoms with E-state index in [9.17, 15) is 4.79 Å². The summed E-state index contributed by atoms with van der Waals surface area (Å²) in [7, 11) is 3.45. The van der Waals surface area contributed by atoms with Crippen LogP contribution in [0.4, 0.5) is 0 Å². The highest BCUT2D eigenvalue weighted by atomic mass is 16.7. The van der Waals surface area contributed by atoms with E-state index in [1.54, 1.807) is 14.1 Å². The fourth-order valence-corrected chi connectivity index (χ4v) is 0.518. The van der Waals surface area contributed by atoms with Crippen LogP contribution in [0.3, 0.4) is 0 Å². The molecule has 0 N–H and O–H groups in total. The highest BCUT2D eigenvalue weighted by Gasteiger charge is 1.94. The quantitative estimate of drug-likeness (QED) is 0.653. The summed E-state index contributed by atoms with van der Waals surface area (Å²) in [5, 5.41) is 0. The lowest BCUT2D eigenvalue weighted by molar-refractivity contribution is -0.126. The van der Waals surface area contributed by atoms with Gasteiger partial charge in [-0.3, -0.25) is 4.79 Å². The number of hydrogen-bond donors (Lipinski definition) is 0. The largest absolute Gasteiger partial charge is 0.353 e. The van der Waals surface area contributed by atoms with Gasteiger partial charge in [0.1, 0.15) is 0 Å². The Morgan fingerprint density at radius 2 is 1.50 bits per heavy atom. The Labute approximate surface area is 87.2 Å². The first-order valence-electron chi connectivity index (χ1n) is 4.86. The van der Waals surface area contributed by atoms with E-state index in [1.807, 2.05) is 20.8 Å². The van der Waals surface area contributed by atoms with Crippen LogP contribution in [0.5, 0.6) is 0 Å². The number of nitrogens with zero attached hydrogens (tertiary/aromatic N) is 1. The van der Waals surface area contributed by atoms with Gasteiger partial charge in [0.15, 0.2) is 6.29 Å². The predicted octanol–water partition coefficient (Wildman–Crippen LogP) is 1.50. The lowest BCUT2D eigenvalue weighted by Gasteiger charge is -2.09. The van der Waals surface area contributed by atoms with Crippen molar-refractivity contribution < 1.29 is 14.3 Å². The van der Waals surface area contributed by atoms with Gasteiger partial charge in [-0.2, -0.15) is 0 Å². The summed E-state index contributed by atoms with van der Waals surface area (Å²) in [5.74, 6) is 0.0926. The predicted molar refractivity (Wildman–Crippen MR) is 57.1 cm³/mol. The van der Waals surface area contributed by atoms with Crippen LogP contribution in [-0.4, -0.2) is 44.4 Å². The summed E-state index contributed by atoms with van der Waals surface area (Å²) in [6.07, 6.45) is -0.0370. The van der Waals surface area contributed by atoms with E-state index >= 15 is 0 Å². The minimum atomic E-state index is -0.0370. The summed E-state index contributed by atoms with van der Waals surface area (Å²) >= 11 is 0. The van der Waals surface area contributed by atoms with Crippen molar-refractivity contribution in [3.8, 4) is 0 Å². The second-order valence-corrected chi connectivity index (χ2v) is 2.89. The summed E-state index contributed by atoms with van der Waals surface area (Å²) in [5.41, 5.74) is 0. The summed E-state index contributed by atoms with van der Waals surface area (Å²) in [4.78, 5) is 11.6. The molecule has 0 heterocycles. The third kappa shape index (κ3) is 13.9. The molecule has 0 spiro atoms. The Morgan fingerprint density at radius 1 is 1.21 bits per heavy atom. The molecule has 0 rings (SSSR count). The van der Waals surface area contributed by atoms with Gasteiger partial charge in [0.05, 0.1) is 0 Å². The molecule has 4 heteroatoms. The zero-order chi connectivity index (χ0) is 11.6. The van der Waals surface area contributed by atoms with Crippen molar-refractivity contribution in [2.24, 2.45) is 0 Å². The molecule has 0 aliphatic heterocycles. The second-order valence-electron chi connectivity index (χ2n) is 2.89. The van der Waals surface area contributed by atoms with Crippen LogP contribution in [0.15, 0.2) is 0 Å². The van der Waals surface area contributed by atoms with E-state index in [0.29, 0.717) is 0 Å². The van der Waals surface area contributed by atoms with Crippen LogP contribution in [0.25, 0.3) is 0 Å². The lowest BCUT2D eigenvalue weighted by atomic mass is 10.7. The Balaban J connectivity index is 0. The van der Waals surface area contributed by atoms with Crippen LogP contribution < -0.4 is 0 Å². The smallest absolute Gasteiger partial charge is 0.218 e. The first-order valence-corrected chi connectivity index (χ1v) is 4.86. The number of ether oxygens (including phenoxy) is 2. The van der Waals surface area contributed by atoms with Gasteiger partial charge in [0, 0.05) is 34.2 Å². The minimum Gasteiger partial charge on any atom is -0.353 e. The Bertz CT molecular complexity index is 131. The van der Waals surface area contributed by atoms with E-state index in [2.05, 4.69) is 0 Å². The first kappa shape index (κ1) is 15.8. The van der Waals surface area contributed by atoms with Gasteiger partial charge in [0.2, 0.25) is 5.91 Å². The van der Waals surface area contributed by atoms with Gasteiger partial charge in [-0.05, 0) is 20.8 Å². The van der Waals surface area contributed by atoms with E-state index in [1.165, 1.54) is 11.8 Å². The summed E-state index contributed by atoms with van der Waals surface area (Å²) in [6.45, 7) is 8.78. The van der Waals surface area contributed by atoms with Crippen LogP contribution in [0.2, 0.25) is 0 Å². The van der Waals surface area contributed by atoms with Gasteiger partial charge in [-0.15, -0.1) is 0 Å². The molecule has 0 fully saturated rings. The van der Waals surface area contributed by atoms with Crippen molar-refractivity contribution in [2.45, 2.75) is 34.0 Å². The van der Waals surface area contributed by atoms with Crippen molar-refractivity contribution in [1.82, 2.24) is 4.90 Å². The number of carbonyl (C=O) groups is 1. The Kier molecular flexibility index (Phi) is 11.9. The van der Waals surface area contributed by atoms with Crippen LogP contribution in [0, 0.1) is 0 Å². The van der Waals surface area contributed by atoms with Crippen molar-refractivity contribution in [3.05, 3.63) is 0 Å². The average Bonchev–Trinajstić information content (AvgIpc) is 2.06. The minimum absolute atomic E-state index is 0.0370. The van der Waals surface area contributed by atoms with Gasteiger partial charge in [-0.25, -0.2) is 0 Å². The topological polar surface area (TPSA) is 38.8 Å². The van der Waals surface area contributed by atoms with Crippen molar-refractivity contribution in [1.29, 1.82) is 0 Å². The maximum Gasteiger partial charge on any atom is 0.218 e. The fraction of sp³-hybridized carbons (Fsp3) is 0.900. The van der Waals surface area contributed by atoms with E-state index in [-0.39, 0.29) is 12.2 Å². The van der Waals surface area contributed by atoms with Gasteiger partial charge >= 0.3 is 0 Å². The number of rotatable bonds is 4. The van der Waals surface area contributed by atoms with Crippen molar-refractivity contribution in [3.63, 3.8) is 0 Å². The number of hydrogen-bond acceptors (Lipinski definition) is 3. The van der Waals surface area contributed by atoms with Gasteiger partial charge < -0.3 is 14.4 Å². The molecular formula is C10H23NO3. The summed E-state index contributed by atoms with van der Waals surface area (Å²) in [6, 6.07) is 0. The van der Waals surface area contributed by atoms with Crippen molar-refractivity contribution in [2.75, 3.05) is 27.3 Å². The van der Waals surface area contributed by atoms with Crippen LogP contribution in [-0.2, 0) is 14.3 Å². The van der Waals surface area contributed by atoms with Gasteiger partial charge in [-0.1, -0.05) is 0 Å². The van der Waals surface area contributed by atoms with E-state index in [0.717, 1.165) is 13.2 Å². The molecule has 0 unspecified atom stereocenters. The first-order chi connectivity index (χ1) is 6.45. The molecule has 0 aromatic carbocycles. The van der Waals surface area contributed by atoms with E-state index in [4.69, 9.17) is 9.47 Å². The molecule has 86 valence electrons. The van der Waals surface area contributed by atoms with Crippen LogP contribution >= 0.6 is 0 Å². The number of carbonyl (C=O) groups excluding carboxylic acids is 1. The molecule has 14 heavy (non-hydrogen) atoms. The number of amides is 1. The zero-order valence-corrected chi connectivity index (χ0v) is 10.2. The maximum atomic E-state index is 10.1. The molecule has 0 aromatic rings. The molecule has 0 atom stereocenters. The van der Waals surface area contributed by atoms with Crippen molar-refractivity contribution >= 4 is 5.91 Å². The Hall–Kier alpha value is -0.610. The molecular weight excluding hydrogens is 182 g/mol. The maximum absolute atomic E-state index is 10.1. The normalized spacial score (nSPS) is 9.36. The second kappa shape index (κ2) is 10.5. The molecule has 0 aliphatic rings.